The fourth-order valence-corrected chi connectivity index (χ4v) is 2.65. The van der Waals surface area contributed by atoms with Crippen LogP contribution < -0.4 is 5.32 Å². The van der Waals surface area contributed by atoms with E-state index in [0.717, 1.165) is 5.56 Å². The number of nitrogens with zero attached hydrogens (tertiary/aromatic N) is 1. The summed E-state index contributed by atoms with van der Waals surface area (Å²) in [5.41, 5.74) is 3.32. The molecule has 1 N–H and O–H groups in total. The fourth-order valence-electron chi connectivity index (χ4n) is 1.54. The smallest absolute Gasteiger partial charge is 0.360 e. The van der Waals surface area contributed by atoms with Crippen molar-refractivity contribution in [2.75, 3.05) is 11.9 Å². The number of ether oxygens (including phenoxy) is 1. The highest BCUT2D eigenvalue weighted by molar-refractivity contribution is 7.14. The summed E-state index contributed by atoms with van der Waals surface area (Å²) in [6.45, 7) is 3.91. The summed E-state index contributed by atoms with van der Waals surface area (Å²) >= 11 is 13.5. The van der Waals surface area contributed by atoms with Gasteiger partial charge in [0.15, 0.2) is 5.69 Å². The van der Waals surface area contributed by atoms with E-state index in [4.69, 9.17) is 27.9 Å². The number of anilines is 2. The van der Waals surface area contributed by atoms with Crippen LogP contribution in [-0.2, 0) is 4.74 Å². The number of nitrogens with one attached hydrogen (secondary N) is 1. The van der Waals surface area contributed by atoms with E-state index in [0.29, 0.717) is 27.3 Å². The Hall–Kier alpha value is -1.30. The Labute approximate surface area is 130 Å². The molecule has 0 aliphatic rings. The average molecular weight is 331 g/mol. The maximum Gasteiger partial charge on any atom is 0.360 e. The van der Waals surface area contributed by atoms with Crippen molar-refractivity contribution in [3.63, 3.8) is 0 Å². The first-order valence-electron chi connectivity index (χ1n) is 5.86. The second-order valence-corrected chi connectivity index (χ2v) is 5.63. The standard InChI is InChI=1S/C13H12Cl2N2O2S/c1-3-19-13(18)11-12(20-6-16-11)17-10-5-8(14)7(2)4-9(10)15/h4-6,17H,3H2,1-2H3. The molecule has 0 fully saturated rings. The fraction of sp³-hybridized carbons (Fsp3) is 0.231. The second kappa shape index (κ2) is 6.43. The summed E-state index contributed by atoms with van der Waals surface area (Å²) in [5.74, 6) is -0.467. The number of rotatable bonds is 4. The lowest BCUT2D eigenvalue weighted by atomic mass is 10.2. The van der Waals surface area contributed by atoms with Crippen molar-refractivity contribution < 1.29 is 9.53 Å². The minimum Gasteiger partial charge on any atom is -0.461 e. The van der Waals surface area contributed by atoms with E-state index in [-0.39, 0.29) is 5.69 Å². The number of carbonyl (C=O) groups is 1. The van der Waals surface area contributed by atoms with Gasteiger partial charge in [-0.15, -0.1) is 11.3 Å². The quantitative estimate of drug-likeness (QED) is 0.827. The van der Waals surface area contributed by atoms with Crippen LogP contribution in [0.4, 0.5) is 10.7 Å². The van der Waals surface area contributed by atoms with Crippen LogP contribution in [-0.4, -0.2) is 17.6 Å². The molecule has 106 valence electrons. The first-order chi connectivity index (χ1) is 9.52. The minimum atomic E-state index is -0.467. The lowest BCUT2D eigenvalue weighted by Gasteiger charge is -2.09. The van der Waals surface area contributed by atoms with Gasteiger partial charge < -0.3 is 10.1 Å². The number of thiazole rings is 1. The van der Waals surface area contributed by atoms with Crippen LogP contribution >= 0.6 is 34.5 Å². The maximum atomic E-state index is 11.7. The molecule has 0 saturated carbocycles. The Morgan fingerprint density at radius 3 is 2.85 bits per heavy atom. The van der Waals surface area contributed by atoms with Crippen molar-refractivity contribution in [1.82, 2.24) is 4.98 Å². The lowest BCUT2D eigenvalue weighted by molar-refractivity contribution is 0.0521. The molecule has 0 spiro atoms. The van der Waals surface area contributed by atoms with Gasteiger partial charge in [0, 0.05) is 5.02 Å². The Morgan fingerprint density at radius 1 is 1.40 bits per heavy atom. The third-order valence-corrected chi connectivity index (χ3v) is 3.99. The van der Waals surface area contributed by atoms with Gasteiger partial charge >= 0.3 is 5.97 Å². The molecule has 2 rings (SSSR count). The molecule has 4 nitrogen and oxygen atoms in total. The molecule has 0 aliphatic heterocycles. The minimum absolute atomic E-state index is 0.240. The van der Waals surface area contributed by atoms with Crippen LogP contribution in [0.15, 0.2) is 17.6 Å². The van der Waals surface area contributed by atoms with E-state index < -0.39 is 5.97 Å². The number of aromatic nitrogens is 1. The van der Waals surface area contributed by atoms with E-state index in [2.05, 4.69) is 10.3 Å². The third-order valence-electron chi connectivity index (χ3n) is 2.53. The summed E-state index contributed by atoms with van der Waals surface area (Å²) < 4.78 is 4.94. The highest BCUT2D eigenvalue weighted by Gasteiger charge is 2.17. The molecule has 2 aromatic rings. The largest absolute Gasteiger partial charge is 0.461 e. The molecule has 0 radical (unpaired) electrons. The van der Waals surface area contributed by atoms with Crippen LogP contribution in [0.1, 0.15) is 23.0 Å². The van der Waals surface area contributed by atoms with Gasteiger partial charge in [0.2, 0.25) is 0 Å². The maximum absolute atomic E-state index is 11.7. The van der Waals surface area contributed by atoms with Crippen molar-refractivity contribution in [2.24, 2.45) is 0 Å². The summed E-state index contributed by atoms with van der Waals surface area (Å²) in [7, 11) is 0. The zero-order valence-corrected chi connectivity index (χ0v) is 13.2. The van der Waals surface area contributed by atoms with Crippen molar-refractivity contribution in [1.29, 1.82) is 0 Å². The number of carbonyl (C=O) groups excluding carboxylic acids is 1. The summed E-state index contributed by atoms with van der Waals surface area (Å²) in [6, 6.07) is 3.48. The Morgan fingerprint density at radius 2 is 2.15 bits per heavy atom. The van der Waals surface area contributed by atoms with Gasteiger partial charge in [-0.25, -0.2) is 9.78 Å². The SMILES string of the molecule is CCOC(=O)c1ncsc1Nc1cc(Cl)c(C)cc1Cl. The molecule has 0 amide bonds. The lowest BCUT2D eigenvalue weighted by Crippen LogP contribution is -2.07. The van der Waals surface area contributed by atoms with E-state index in [1.165, 1.54) is 11.3 Å². The van der Waals surface area contributed by atoms with Crippen molar-refractivity contribution >= 4 is 51.2 Å². The van der Waals surface area contributed by atoms with Gasteiger partial charge in [0.1, 0.15) is 5.00 Å². The van der Waals surface area contributed by atoms with E-state index in [1.54, 1.807) is 24.6 Å². The second-order valence-electron chi connectivity index (χ2n) is 3.96. The molecule has 0 atom stereocenters. The van der Waals surface area contributed by atoms with E-state index in [1.807, 2.05) is 6.92 Å². The van der Waals surface area contributed by atoms with Crippen molar-refractivity contribution in [3.8, 4) is 0 Å². The molecule has 0 saturated heterocycles. The number of aryl methyl sites for hydroxylation is 1. The Balaban J connectivity index is 2.29. The van der Waals surface area contributed by atoms with Crippen molar-refractivity contribution in [3.05, 3.63) is 38.9 Å². The molecule has 0 aliphatic carbocycles. The van der Waals surface area contributed by atoms with Crippen LogP contribution in [0.25, 0.3) is 0 Å². The highest BCUT2D eigenvalue weighted by atomic mass is 35.5. The predicted molar refractivity (Wildman–Crippen MR) is 82.6 cm³/mol. The molecule has 1 aromatic heterocycles. The number of esters is 1. The predicted octanol–water partition coefficient (Wildman–Crippen LogP) is 4.68. The third kappa shape index (κ3) is 3.23. The normalized spacial score (nSPS) is 10.4. The summed E-state index contributed by atoms with van der Waals surface area (Å²) in [4.78, 5) is 15.8. The molecule has 20 heavy (non-hydrogen) atoms. The molecular formula is C13H12Cl2N2O2S. The van der Waals surface area contributed by atoms with Crippen LogP contribution in [0, 0.1) is 6.92 Å². The van der Waals surface area contributed by atoms with Crippen LogP contribution in [0.3, 0.4) is 0 Å². The first kappa shape index (κ1) is 15.1. The molecular weight excluding hydrogens is 319 g/mol. The molecule has 7 heteroatoms. The zero-order chi connectivity index (χ0) is 14.7. The van der Waals surface area contributed by atoms with E-state index in [9.17, 15) is 4.79 Å². The Bertz CT molecular complexity index is 643. The summed E-state index contributed by atoms with van der Waals surface area (Å²) in [5, 5.41) is 4.76. The molecule has 1 aromatic carbocycles. The monoisotopic (exact) mass is 330 g/mol. The van der Waals surface area contributed by atoms with Crippen molar-refractivity contribution in [2.45, 2.75) is 13.8 Å². The van der Waals surface area contributed by atoms with Gasteiger partial charge in [-0.05, 0) is 31.5 Å². The number of halogens is 2. The molecule has 0 unspecified atom stereocenters. The topological polar surface area (TPSA) is 51.2 Å². The molecule has 1 heterocycles. The summed E-state index contributed by atoms with van der Waals surface area (Å²) in [6.07, 6.45) is 0. The van der Waals surface area contributed by atoms with Crippen LogP contribution in [0.5, 0.6) is 0 Å². The van der Waals surface area contributed by atoms with E-state index >= 15 is 0 Å². The number of benzene rings is 1. The average Bonchev–Trinajstić information content (AvgIpc) is 2.84. The molecule has 0 bridgehead atoms. The van der Waals surface area contributed by atoms with Crippen LogP contribution in [0.2, 0.25) is 10.0 Å². The number of hydrogen-bond donors (Lipinski definition) is 1. The number of hydrogen-bond acceptors (Lipinski definition) is 5. The Kier molecular flexibility index (Phi) is 4.86. The van der Waals surface area contributed by atoms with Gasteiger partial charge in [-0.1, -0.05) is 23.2 Å². The highest BCUT2D eigenvalue weighted by Crippen LogP contribution is 2.33. The zero-order valence-electron chi connectivity index (χ0n) is 10.9. The van der Waals surface area contributed by atoms with Gasteiger partial charge in [0.05, 0.1) is 22.8 Å². The first-order valence-corrected chi connectivity index (χ1v) is 7.49. The van der Waals surface area contributed by atoms with Gasteiger partial charge in [-0.3, -0.25) is 0 Å². The van der Waals surface area contributed by atoms with Gasteiger partial charge in [0.25, 0.3) is 0 Å². The van der Waals surface area contributed by atoms with Gasteiger partial charge in [-0.2, -0.15) is 0 Å².